The third-order valence-corrected chi connectivity index (χ3v) is 4.17. The molecular formula is C12H13N2NaO2S. The first kappa shape index (κ1) is 15.0. The van der Waals surface area contributed by atoms with Gasteiger partial charge in [0.1, 0.15) is 0 Å². The molecule has 2 aromatic rings. The molecule has 4 N–H and O–H groups in total. The summed E-state index contributed by atoms with van der Waals surface area (Å²) in [6.07, 6.45) is 0. The number of rotatable bonds is 2. The van der Waals surface area contributed by atoms with Gasteiger partial charge < -0.3 is 12.9 Å². The summed E-state index contributed by atoms with van der Waals surface area (Å²) in [5, 5.41) is 0. The zero-order chi connectivity index (χ0) is 12.5. The molecule has 90 valence electrons. The van der Waals surface area contributed by atoms with E-state index in [-0.39, 0.29) is 40.8 Å². The molecule has 18 heavy (non-hydrogen) atoms. The van der Waals surface area contributed by atoms with Gasteiger partial charge in [-0.25, -0.2) is 8.42 Å². The minimum Gasteiger partial charge on any atom is -1.00 e. The quantitative estimate of drug-likeness (QED) is 0.531. The van der Waals surface area contributed by atoms with Crippen molar-refractivity contribution in [2.24, 2.45) is 0 Å². The number of anilines is 2. The zero-order valence-corrected chi connectivity index (χ0v) is 12.8. The number of benzene rings is 2. The van der Waals surface area contributed by atoms with Gasteiger partial charge in [-0.3, -0.25) is 0 Å². The van der Waals surface area contributed by atoms with E-state index in [0.717, 1.165) is 0 Å². The first-order valence-corrected chi connectivity index (χ1v) is 6.44. The number of sulfone groups is 1. The average molecular weight is 272 g/mol. The Morgan fingerprint density at radius 1 is 0.722 bits per heavy atom. The van der Waals surface area contributed by atoms with Gasteiger partial charge in [0.05, 0.1) is 9.79 Å². The van der Waals surface area contributed by atoms with E-state index in [1.807, 2.05) is 0 Å². The van der Waals surface area contributed by atoms with E-state index in [1.165, 1.54) is 24.3 Å². The third-order valence-electron chi connectivity index (χ3n) is 2.38. The van der Waals surface area contributed by atoms with E-state index < -0.39 is 9.84 Å². The fraction of sp³-hybridized carbons (Fsp3) is 0. The summed E-state index contributed by atoms with van der Waals surface area (Å²) in [4.78, 5) is 0.438. The van der Waals surface area contributed by atoms with Crippen LogP contribution in [-0.2, 0) is 9.84 Å². The number of nitrogens with two attached hydrogens (primary N) is 2. The van der Waals surface area contributed by atoms with Crippen LogP contribution in [0.5, 0.6) is 0 Å². The normalized spacial score (nSPS) is 10.7. The molecule has 0 bridgehead atoms. The van der Waals surface area contributed by atoms with Crippen molar-refractivity contribution in [1.82, 2.24) is 0 Å². The van der Waals surface area contributed by atoms with Gasteiger partial charge in [0.2, 0.25) is 9.84 Å². The Kier molecular flexibility index (Phi) is 4.81. The Morgan fingerprint density at radius 2 is 1.00 bits per heavy atom. The van der Waals surface area contributed by atoms with E-state index in [9.17, 15) is 8.42 Å². The van der Waals surface area contributed by atoms with Crippen LogP contribution in [0.15, 0.2) is 58.3 Å². The van der Waals surface area contributed by atoms with Crippen molar-refractivity contribution in [2.75, 3.05) is 11.5 Å². The average Bonchev–Trinajstić information content (AvgIpc) is 2.30. The number of hydrogen-bond donors (Lipinski definition) is 2. The van der Waals surface area contributed by atoms with Crippen LogP contribution < -0.4 is 41.0 Å². The van der Waals surface area contributed by atoms with Crippen LogP contribution in [0.25, 0.3) is 0 Å². The van der Waals surface area contributed by atoms with Crippen LogP contribution in [0, 0.1) is 0 Å². The van der Waals surface area contributed by atoms with Crippen molar-refractivity contribution >= 4 is 21.2 Å². The molecule has 0 aromatic heterocycles. The molecule has 4 nitrogen and oxygen atoms in total. The molecule has 0 saturated heterocycles. The Morgan fingerprint density at radius 3 is 1.28 bits per heavy atom. The van der Waals surface area contributed by atoms with Crippen molar-refractivity contribution in [2.45, 2.75) is 9.79 Å². The smallest absolute Gasteiger partial charge is 1.00 e. The second kappa shape index (κ2) is 5.75. The summed E-state index contributed by atoms with van der Waals surface area (Å²) in [5.41, 5.74) is 12.1. The van der Waals surface area contributed by atoms with E-state index in [2.05, 4.69) is 0 Å². The van der Waals surface area contributed by atoms with Crippen LogP contribution in [0.2, 0.25) is 0 Å². The monoisotopic (exact) mass is 272 g/mol. The van der Waals surface area contributed by atoms with Gasteiger partial charge in [-0.15, -0.1) is 0 Å². The zero-order valence-electron chi connectivity index (χ0n) is 11.0. The molecule has 0 aliphatic carbocycles. The molecule has 0 heterocycles. The Hall–Kier alpha value is -1.01. The van der Waals surface area contributed by atoms with Crippen LogP contribution in [0.3, 0.4) is 0 Å². The topological polar surface area (TPSA) is 86.2 Å². The molecule has 0 spiro atoms. The summed E-state index contributed by atoms with van der Waals surface area (Å²) in [5.74, 6) is 0. The molecule has 2 aromatic carbocycles. The van der Waals surface area contributed by atoms with Crippen LogP contribution >= 0.6 is 0 Å². The summed E-state index contributed by atoms with van der Waals surface area (Å²) >= 11 is 0. The van der Waals surface area contributed by atoms with Crippen molar-refractivity contribution in [3.05, 3.63) is 48.5 Å². The summed E-state index contributed by atoms with van der Waals surface area (Å²) in [6, 6.07) is 12.2. The second-order valence-electron chi connectivity index (χ2n) is 3.64. The van der Waals surface area contributed by atoms with Crippen molar-refractivity contribution in [1.29, 1.82) is 0 Å². The predicted octanol–water partition coefficient (Wildman–Crippen LogP) is -1.20. The first-order chi connectivity index (χ1) is 8.00. The fourth-order valence-electron chi connectivity index (χ4n) is 1.43. The molecule has 6 heteroatoms. The second-order valence-corrected chi connectivity index (χ2v) is 5.59. The maximum Gasteiger partial charge on any atom is 1.00 e. The van der Waals surface area contributed by atoms with E-state index in [1.54, 1.807) is 24.3 Å². The van der Waals surface area contributed by atoms with Gasteiger partial charge in [0, 0.05) is 11.4 Å². The van der Waals surface area contributed by atoms with Crippen molar-refractivity contribution < 1.29 is 39.4 Å². The van der Waals surface area contributed by atoms with Crippen LogP contribution in [0.4, 0.5) is 11.4 Å². The van der Waals surface area contributed by atoms with Gasteiger partial charge in [-0.05, 0) is 48.5 Å². The SMILES string of the molecule is Nc1ccc(S(=O)(=O)c2ccc(N)cc2)cc1.[H-].[Na+]. The molecule has 0 aliphatic heterocycles. The molecule has 0 amide bonds. The van der Waals surface area contributed by atoms with Crippen molar-refractivity contribution in [3.8, 4) is 0 Å². The number of nitrogen functional groups attached to an aromatic ring is 2. The Bertz CT molecular complexity index is 576. The molecule has 0 fully saturated rings. The first-order valence-electron chi connectivity index (χ1n) is 4.96. The van der Waals surface area contributed by atoms with Gasteiger partial charge in [0.25, 0.3) is 0 Å². The van der Waals surface area contributed by atoms with E-state index in [4.69, 9.17) is 11.5 Å². The number of hydrogen-bond acceptors (Lipinski definition) is 4. The van der Waals surface area contributed by atoms with Gasteiger partial charge in [-0.1, -0.05) is 0 Å². The fourth-order valence-corrected chi connectivity index (χ4v) is 2.69. The largest absolute Gasteiger partial charge is 1.00 e. The maximum absolute atomic E-state index is 12.2. The van der Waals surface area contributed by atoms with E-state index >= 15 is 0 Å². The summed E-state index contributed by atoms with van der Waals surface area (Å²) in [7, 11) is -3.48. The molecule has 0 saturated carbocycles. The van der Waals surface area contributed by atoms with Crippen LogP contribution in [0.1, 0.15) is 1.43 Å². The maximum atomic E-state index is 12.2. The Balaban J connectivity index is 0.00000162. The minimum absolute atomic E-state index is 0. The molecule has 0 aliphatic rings. The summed E-state index contributed by atoms with van der Waals surface area (Å²) in [6.45, 7) is 0. The molecule has 0 unspecified atom stereocenters. The molecular weight excluding hydrogens is 259 g/mol. The predicted molar refractivity (Wildman–Crippen MR) is 68.3 cm³/mol. The Labute approximate surface area is 130 Å². The van der Waals surface area contributed by atoms with Crippen LogP contribution in [-0.4, -0.2) is 8.42 Å². The third kappa shape index (κ3) is 3.05. The summed E-state index contributed by atoms with van der Waals surface area (Å²) < 4.78 is 24.3. The van der Waals surface area contributed by atoms with Gasteiger partial charge >= 0.3 is 29.6 Å². The standard InChI is InChI=1S/C12H12N2O2S.Na.H/c13-9-1-5-11(6-2-9)17(15,16)12-7-3-10(14)4-8-12;;/h1-8H,13-14H2;;/q;+1;-1. The molecule has 0 atom stereocenters. The minimum atomic E-state index is -3.48. The van der Waals surface area contributed by atoms with Gasteiger partial charge in [0.15, 0.2) is 0 Å². The molecule has 0 radical (unpaired) electrons. The molecule has 2 rings (SSSR count). The van der Waals surface area contributed by atoms with Crippen molar-refractivity contribution in [3.63, 3.8) is 0 Å². The van der Waals surface area contributed by atoms with E-state index in [0.29, 0.717) is 11.4 Å². The van der Waals surface area contributed by atoms with Gasteiger partial charge in [-0.2, -0.15) is 0 Å².